The Morgan fingerprint density at radius 1 is 1.39 bits per heavy atom. The molecule has 122 valence electrons. The molecule has 0 unspecified atom stereocenters. The molecule has 0 radical (unpaired) electrons. The van der Waals surface area contributed by atoms with Crippen molar-refractivity contribution in [1.82, 2.24) is 24.8 Å². The molecule has 0 aromatic carbocycles. The van der Waals surface area contributed by atoms with E-state index in [1.54, 1.807) is 12.4 Å². The second-order valence-electron chi connectivity index (χ2n) is 6.44. The summed E-state index contributed by atoms with van der Waals surface area (Å²) in [6.07, 6.45) is 5.57. The number of hydrogen-bond donors (Lipinski definition) is 1. The van der Waals surface area contributed by atoms with Gasteiger partial charge in [-0.3, -0.25) is 4.79 Å². The molecule has 0 aliphatic carbocycles. The number of aromatic amines is 1. The fourth-order valence-corrected chi connectivity index (χ4v) is 3.11. The smallest absolute Gasteiger partial charge is 0.225 e. The molecule has 6 heteroatoms. The van der Waals surface area contributed by atoms with Crippen LogP contribution in [0.25, 0.3) is 11.5 Å². The maximum atomic E-state index is 12.3. The quantitative estimate of drug-likeness (QED) is 0.945. The third-order valence-electron chi connectivity index (χ3n) is 4.24. The van der Waals surface area contributed by atoms with Crippen molar-refractivity contribution in [3.63, 3.8) is 0 Å². The Labute approximate surface area is 136 Å². The number of hydrogen-bond acceptors (Lipinski definition) is 4. The molecule has 0 bridgehead atoms. The molecule has 1 fully saturated rings. The summed E-state index contributed by atoms with van der Waals surface area (Å²) >= 11 is 0. The van der Waals surface area contributed by atoms with E-state index in [9.17, 15) is 4.79 Å². The largest absolute Gasteiger partial charge is 0.343 e. The van der Waals surface area contributed by atoms with E-state index < -0.39 is 0 Å². The number of H-pyrrole nitrogens is 1. The average Bonchev–Trinajstić information content (AvgIpc) is 3.08. The van der Waals surface area contributed by atoms with Crippen LogP contribution in [0, 0.1) is 12.8 Å². The first-order valence-corrected chi connectivity index (χ1v) is 8.18. The van der Waals surface area contributed by atoms with Crippen LogP contribution in [-0.4, -0.2) is 43.8 Å². The van der Waals surface area contributed by atoms with Crippen LogP contribution in [0.5, 0.6) is 0 Å². The first-order valence-electron chi connectivity index (χ1n) is 8.18. The number of piperidine rings is 1. The monoisotopic (exact) mass is 313 g/mol. The van der Waals surface area contributed by atoms with Crippen molar-refractivity contribution < 1.29 is 4.79 Å². The molecule has 1 N–H and O–H groups in total. The van der Waals surface area contributed by atoms with Gasteiger partial charge in [0.1, 0.15) is 11.5 Å². The molecule has 0 spiro atoms. The van der Waals surface area contributed by atoms with E-state index in [1.165, 1.54) is 0 Å². The van der Waals surface area contributed by atoms with Crippen molar-refractivity contribution in [2.24, 2.45) is 5.92 Å². The first-order chi connectivity index (χ1) is 11.0. The van der Waals surface area contributed by atoms with E-state index in [0.717, 1.165) is 49.0 Å². The highest BCUT2D eigenvalue weighted by molar-refractivity contribution is 5.78. The van der Waals surface area contributed by atoms with Crippen LogP contribution in [-0.2, 0) is 4.79 Å². The lowest BCUT2D eigenvalue weighted by Gasteiger charge is -2.33. The summed E-state index contributed by atoms with van der Waals surface area (Å²) < 4.78 is 0. The Balaban J connectivity index is 1.85. The maximum absolute atomic E-state index is 12.3. The van der Waals surface area contributed by atoms with E-state index >= 15 is 0 Å². The predicted octanol–water partition coefficient (Wildman–Crippen LogP) is 2.54. The predicted molar refractivity (Wildman–Crippen MR) is 87.7 cm³/mol. The van der Waals surface area contributed by atoms with Crippen LogP contribution >= 0.6 is 0 Å². The lowest BCUT2D eigenvalue weighted by molar-refractivity contribution is -0.135. The van der Waals surface area contributed by atoms with Crippen LogP contribution in [0.4, 0.5) is 0 Å². The lowest BCUT2D eigenvalue weighted by atomic mass is 9.93. The molecule has 3 rings (SSSR count). The topological polar surface area (TPSA) is 74.8 Å². The van der Waals surface area contributed by atoms with Gasteiger partial charge in [-0.2, -0.15) is 0 Å². The van der Waals surface area contributed by atoms with Gasteiger partial charge in [-0.25, -0.2) is 15.0 Å². The summed E-state index contributed by atoms with van der Waals surface area (Å²) in [5.74, 6) is 2.03. The molecule has 1 amide bonds. The molecule has 1 aliphatic heterocycles. The summed E-state index contributed by atoms with van der Waals surface area (Å²) in [6, 6.07) is 2.00. The van der Waals surface area contributed by atoms with Gasteiger partial charge in [0.15, 0.2) is 5.82 Å². The molecular weight excluding hydrogens is 290 g/mol. The fourth-order valence-electron chi connectivity index (χ4n) is 3.11. The van der Waals surface area contributed by atoms with Gasteiger partial charge in [-0.15, -0.1) is 0 Å². The van der Waals surface area contributed by atoms with Gasteiger partial charge in [0.2, 0.25) is 5.91 Å². The molecule has 1 saturated heterocycles. The number of carbonyl (C=O) groups is 1. The minimum atomic E-state index is 0.0413. The number of nitrogens with one attached hydrogen (secondary N) is 1. The highest BCUT2D eigenvalue weighted by Gasteiger charge is 2.27. The van der Waals surface area contributed by atoms with Crippen molar-refractivity contribution in [3.05, 3.63) is 30.0 Å². The van der Waals surface area contributed by atoms with Crippen molar-refractivity contribution in [3.8, 4) is 11.5 Å². The number of amides is 1. The van der Waals surface area contributed by atoms with Gasteiger partial charge in [-0.05, 0) is 25.8 Å². The third-order valence-corrected chi connectivity index (χ3v) is 4.24. The van der Waals surface area contributed by atoms with Gasteiger partial charge < -0.3 is 9.88 Å². The summed E-state index contributed by atoms with van der Waals surface area (Å²) in [6.45, 7) is 7.40. The number of aryl methyl sites for hydroxylation is 1. The highest BCUT2D eigenvalue weighted by atomic mass is 16.2. The first kappa shape index (κ1) is 15.6. The number of aromatic nitrogens is 4. The summed E-state index contributed by atoms with van der Waals surface area (Å²) in [7, 11) is 0. The summed E-state index contributed by atoms with van der Waals surface area (Å²) in [5.41, 5.74) is 1.81. The molecule has 1 aliphatic rings. The molecule has 3 heterocycles. The van der Waals surface area contributed by atoms with Crippen molar-refractivity contribution in [1.29, 1.82) is 0 Å². The van der Waals surface area contributed by atoms with Gasteiger partial charge in [0.05, 0.1) is 0 Å². The van der Waals surface area contributed by atoms with E-state index in [0.29, 0.717) is 0 Å². The van der Waals surface area contributed by atoms with Crippen LogP contribution in [0.2, 0.25) is 0 Å². The Morgan fingerprint density at radius 3 is 2.91 bits per heavy atom. The van der Waals surface area contributed by atoms with Crippen molar-refractivity contribution in [2.45, 2.75) is 39.5 Å². The minimum Gasteiger partial charge on any atom is -0.343 e. The minimum absolute atomic E-state index is 0.0413. The maximum Gasteiger partial charge on any atom is 0.225 e. The molecule has 1 atom stereocenters. The number of carbonyl (C=O) groups excluding carboxylic acids is 1. The van der Waals surface area contributed by atoms with Gasteiger partial charge in [0.25, 0.3) is 0 Å². The van der Waals surface area contributed by atoms with Crippen molar-refractivity contribution in [2.75, 3.05) is 13.1 Å². The van der Waals surface area contributed by atoms with Crippen LogP contribution in [0.3, 0.4) is 0 Å². The number of imidazole rings is 1. The van der Waals surface area contributed by atoms with E-state index in [4.69, 9.17) is 0 Å². The Bertz CT molecular complexity index is 680. The van der Waals surface area contributed by atoms with E-state index in [1.807, 2.05) is 31.7 Å². The fraction of sp³-hybridized carbons (Fsp3) is 0.529. The number of rotatable bonds is 3. The van der Waals surface area contributed by atoms with Gasteiger partial charge in [-0.1, -0.05) is 13.8 Å². The molecule has 23 heavy (non-hydrogen) atoms. The number of nitrogens with zero attached hydrogens (tertiary/aromatic N) is 4. The molecule has 2 aromatic heterocycles. The zero-order chi connectivity index (χ0) is 16.4. The Morgan fingerprint density at radius 2 is 2.22 bits per heavy atom. The van der Waals surface area contributed by atoms with Crippen LogP contribution in [0.15, 0.2) is 18.5 Å². The molecular formula is C17H23N5O. The van der Waals surface area contributed by atoms with E-state index in [2.05, 4.69) is 19.9 Å². The molecule has 0 saturated carbocycles. The molecule has 2 aromatic rings. The second kappa shape index (κ2) is 6.48. The highest BCUT2D eigenvalue weighted by Crippen LogP contribution is 2.28. The SMILES string of the molecule is Cc1nc(-c2ncc[nH]2)cc([C@H]2CCCN(C(=O)C(C)C)C2)n1. The lowest BCUT2D eigenvalue weighted by Crippen LogP contribution is -2.41. The van der Waals surface area contributed by atoms with Gasteiger partial charge in [0, 0.05) is 43.0 Å². The average molecular weight is 313 g/mol. The standard InChI is InChI=1S/C17H23N5O/c1-11(2)17(23)22-8-4-5-13(10-22)14-9-15(21-12(3)20-14)16-18-6-7-19-16/h6-7,9,11,13H,4-5,8,10H2,1-3H3,(H,18,19)/t13-/m0/s1. The second-order valence-corrected chi connectivity index (χ2v) is 6.44. The third kappa shape index (κ3) is 3.41. The van der Waals surface area contributed by atoms with Gasteiger partial charge >= 0.3 is 0 Å². The normalized spacial score (nSPS) is 18.4. The van der Waals surface area contributed by atoms with Crippen LogP contribution < -0.4 is 0 Å². The van der Waals surface area contributed by atoms with Crippen LogP contribution in [0.1, 0.15) is 44.1 Å². The number of likely N-dealkylation sites (tertiary alicyclic amines) is 1. The Hall–Kier alpha value is -2.24. The summed E-state index contributed by atoms with van der Waals surface area (Å²) in [4.78, 5) is 30.7. The van der Waals surface area contributed by atoms with E-state index in [-0.39, 0.29) is 17.7 Å². The summed E-state index contributed by atoms with van der Waals surface area (Å²) in [5, 5.41) is 0. The van der Waals surface area contributed by atoms with Crippen molar-refractivity contribution >= 4 is 5.91 Å². The Kier molecular flexibility index (Phi) is 4.41. The molecule has 6 nitrogen and oxygen atoms in total. The zero-order valence-corrected chi connectivity index (χ0v) is 13.9. The zero-order valence-electron chi connectivity index (χ0n) is 13.9.